The van der Waals surface area contributed by atoms with Crippen LogP contribution in [0.1, 0.15) is 51.2 Å². The topological polar surface area (TPSA) is 58.8 Å². The molecular weight excluding hydrogens is 364 g/mol. The van der Waals surface area contributed by atoms with Gasteiger partial charge in [-0.25, -0.2) is 13.6 Å². The predicted molar refractivity (Wildman–Crippen MR) is 103 cm³/mol. The van der Waals surface area contributed by atoms with Crippen LogP contribution in [0.15, 0.2) is 6.07 Å². The lowest BCUT2D eigenvalue weighted by atomic mass is 9.87. The molecule has 0 spiro atoms. The largest absolute Gasteiger partial charge is 0.444 e. The number of hydrogen-bond donors (Lipinski definition) is 1. The maximum atomic E-state index is 15.2. The highest BCUT2D eigenvalue weighted by atomic mass is 19.1. The Morgan fingerprint density at radius 1 is 1.14 bits per heavy atom. The van der Waals surface area contributed by atoms with Gasteiger partial charge in [-0.05, 0) is 64.0 Å². The van der Waals surface area contributed by atoms with E-state index in [1.165, 1.54) is 6.07 Å². The Balaban J connectivity index is 1.57. The molecule has 3 unspecified atom stereocenters. The van der Waals surface area contributed by atoms with Gasteiger partial charge in [0, 0.05) is 25.2 Å². The average Bonchev–Trinajstić information content (AvgIpc) is 2.87. The summed E-state index contributed by atoms with van der Waals surface area (Å²) in [6, 6.07) is 1.12. The summed E-state index contributed by atoms with van der Waals surface area (Å²) in [5.41, 5.74) is 6.59. The van der Waals surface area contributed by atoms with Crippen molar-refractivity contribution in [2.45, 2.75) is 76.6 Å². The van der Waals surface area contributed by atoms with Crippen molar-refractivity contribution >= 4 is 11.8 Å². The quantitative estimate of drug-likeness (QED) is 0.795. The maximum absolute atomic E-state index is 15.2. The first kappa shape index (κ1) is 19.4. The number of piperazine rings is 1. The third-order valence-corrected chi connectivity index (χ3v) is 6.06. The molecule has 7 heteroatoms. The third kappa shape index (κ3) is 3.45. The van der Waals surface area contributed by atoms with E-state index in [0.717, 1.165) is 12.8 Å². The summed E-state index contributed by atoms with van der Waals surface area (Å²) in [4.78, 5) is 16.3. The SMILES string of the molecule is CC(C)(C)OC(=O)N1C2CCC1CN(c1cc(F)c3c(c1F)CCC(N)C3)C2. The summed E-state index contributed by atoms with van der Waals surface area (Å²) in [6.45, 7) is 6.52. The highest BCUT2D eigenvalue weighted by molar-refractivity contribution is 5.70. The van der Waals surface area contributed by atoms with Gasteiger partial charge < -0.3 is 15.4 Å². The van der Waals surface area contributed by atoms with Gasteiger partial charge in [0.05, 0.1) is 17.8 Å². The predicted octanol–water partition coefficient (Wildman–Crippen LogP) is 3.37. The van der Waals surface area contributed by atoms with Crippen LogP contribution >= 0.6 is 0 Å². The molecule has 0 aromatic heterocycles. The van der Waals surface area contributed by atoms with Crippen molar-refractivity contribution in [1.29, 1.82) is 0 Å². The molecule has 2 N–H and O–H groups in total. The molecule has 2 bridgehead atoms. The summed E-state index contributed by atoms with van der Waals surface area (Å²) >= 11 is 0. The van der Waals surface area contributed by atoms with Gasteiger partial charge in [0.25, 0.3) is 0 Å². The molecule has 3 atom stereocenters. The molecule has 0 radical (unpaired) electrons. The number of benzene rings is 1. The lowest BCUT2D eigenvalue weighted by Crippen LogP contribution is -2.57. The van der Waals surface area contributed by atoms with Crippen LogP contribution in [0.25, 0.3) is 0 Å². The van der Waals surface area contributed by atoms with Crippen molar-refractivity contribution < 1.29 is 18.3 Å². The Bertz CT molecular complexity index is 779. The first-order valence-electron chi connectivity index (χ1n) is 10.2. The molecule has 2 saturated heterocycles. The van der Waals surface area contributed by atoms with Crippen LogP contribution in [0, 0.1) is 11.6 Å². The Morgan fingerprint density at radius 2 is 1.79 bits per heavy atom. The van der Waals surface area contributed by atoms with E-state index < -0.39 is 5.60 Å². The van der Waals surface area contributed by atoms with Gasteiger partial charge in [-0.2, -0.15) is 0 Å². The normalized spacial score (nSPS) is 27.0. The third-order valence-electron chi connectivity index (χ3n) is 6.06. The number of anilines is 1. The summed E-state index contributed by atoms with van der Waals surface area (Å²) < 4.78 is 35.5. The first-order valence-corrected chi connectivity index (χ1v) is 10.2. The van der Waals surface area contributed by atoms with Crippen LogP contribution in [0.2, 0.25) is 0 Å². The molecule has 2 fully saturated rings. The standard InChI is InChI=1S/C21H29F2N3O2/c1-21(2,3)28-20(27)26-13-5-6-14(26)11-25(10-13)18-9-17(22)16-8-12(24)4-7-15(16)19(18)23/h9,12-14H,4-8,10-11,24H2,1-3H3. The van der Waals surface area contributed by atoms with E-state index in [4.69, 9.17) is 10.5 Å². The second kappa shape index (κ2) is 6.87. The van der Waals surface area contributed by atoms with E-state index in [9.17, 15) is 9.18 Å². The van der Waals surface area contributed by atoms with Crippen LogP contribution < -0.4 is 10.6 Å². The van der Waals surface area contributed by atoms with Gasteiger partial charge in [-0.15, -0.1) is 0 Å². The molecule has 2 aliphatic heterocycles. The fourth-order valence-corrected chi connectivity index (χ4v) is 4.82. The fraction of sp³-hybridized carbons (Fsp3) is 0.667. The van der Waals surface area contributed by atoms with Crippen LogP contribution in [0.5, 0.6) is 0 Å². The lowest BCUT2D eigenvalue weighted by Gasteiger charge is -2.42. The van der Waals surface area contributed by atoms with Crippen LogP contribution in [-0.4, -0.2) is 47.8 Å². The van der Waals surface area contributed by atoms with E-state index in [2.05, 4.69) is 0 Å². The number of fused-ring (bicyclic) bond motifs is 3. The molecule has 1 aromatic carbocycles. The molecule has 4 rings (SSSR count). The highest BCUT2D eigenvalue weighted by Gasteiger charge is 2.45. The number of carbonyl (C=O) groups is 1. The lowest BCUT2D eigenvalue weighted by molar-refractivity contribution is 0.0123. The van der Waals surface area contributed by atoms with Gasteiger partial charge in [0.2, 0.25) is 0 Å². The van der Waals surface area contributed by atoms with Gasteiger partial charge in [0.15, 0.2) is 0 Å². The number of rotatable bonds is 1. The fourth-order valence-electron chi connectivity index (χ4n) is 4.82. The summed E-state index contributed by atoms with van der Waals surface area (Å²) in [5.74, 6) is -0.697. The van der Waals surface area contributed by atoms with Gasteiger partial charge in [0.1, 0.15) is 17.2 Å². The molecule has 1 aliphatic carbocycles. The number of ether oxygens (including phenoxy) is 1. The van der Waals surface area contributed by atoms with Gasteiger partial charge in [-0.1, -0.05) is 0 Å². The number of amides is 1. The van der Waals surface area contributed by atoms with Crippen molar-refractivity contribution in [3.63, 3.8) is 0 Å². The highest BCUT2D eigenvalue weighted by Crippen LogP contribution is 2.38. The monoisotopic (exact) mass is 393 g/mol. The number of nitrogens with zero attached hydrogens (tertiary/aromatic N) is 2. The second-order valence-electron chi connectivity index (χ2n) is 9.33. The van der Waals surface area contributed by atoms with Crippen molar-refractivity contribution in [3.05, 3.63) is 28.8 Å². The molecule has 1 amide bonds. The molecule has 1 aromatic rings. The zero-order valence-electron chi connectivity index (χ0n) is 16.8. The van der Waals surface area contributed by atoms with Gasteiger partial charge in [-0.3, -0.25) is 4.90 Å². The van der Waals surface area contributed by atoms with E-state index in [-0.39, 0.29) is 35.9 Å². The molecular formula is C21H29F2N3O2. The minimum Gasteiger partial charge on any atom is -0.444 e. The number of halogens is 2. The van der Waals surface area contributed by atoms with Crippen molar-refractivity contribution in [2.75, 3.05) is 18.0 Å². The van der Waals surface area contributed by atoms with E-state index in [1.807, 2.05) is 25.7 Å². The van der Waals surface area contributed by atoms with Crippen LogP contribution in [0.3, 0.4) is 0 Å². The Kier molecular flexibility index (Phi) is 4.76. The minimum absolute atomic E-state index is 0.0412. The maximum Gasteiger partial charge on any atom is 0.410 e. The number of carbonyl (C=O) groups excluding carboxylic acids is 1. The van der Waals surface area contributed by atoms with E-state index >= 15 is 4.39 Å². The smallest absolute Gasteiger partial charge is 0.410 e. The van der Waals surface area contributed by atoms with Crippen LogP contribution in [0.4, 0.5) is 19.3 Å². The molecule has 154 valence electrons. The van der Waals surface area contributed by atoms with Crippen molar-refractivity contribution in [3.8, 4) is 0 Å². The molecule has 5 nitrogen and oxygen atoms in total. The Morgan fingerprint density at radius 3 is 2.39 bits per heavy atom. The van der Waals surface area contributed by atoms with Crippen LogP contribution in [-0.2, 0) is 17.6 Å². The first-order chi connectivity index (χ1) is 13.1. The average molecular weight is 393 g/mol. The minimum atomic E-state index is -0.553. The van der Waals surface area contributed by atoms with Crippen molar-refractivity contribution in [1.82, 2.24) is 4.90 Å². The second-order valence-corrected chi connectivity index (χ2v) is 9.33. The summed E-state index contributed by atoms with van der Waals surface area (Å²) in [7, 11) is 0. The Hall–Kier alpha value is -1.89. The molecule has 2 heterocycles. The Labute approximate surface area is 164 Å². The zero-order chi connectivity index (χ0) is 20.2. The molecule has 3 aliphatic rings. The molecule has 28 heavy (non-hydrogen) atoms. The number of hydrogen-bond acceptors (Lipinski definition) is 4. The van der Waals surface area contributed by atoms with Crippen molar-refractivity contribution in [2.24, 2.45) is 5.73 Å². The van der Waals surface area contributed by atoms with Gasteiger partial charge >= 0.3 is 6.09 Å². The van der Waals surface area contributed by atoms with E-state index in [0.29, 0.717) is 49.2 Å². The summed E-state index contributed by atoms with van der Waals surface area (Å²) in [5, 5.41) is 0. The number of nitrogens with two attached hydrogens (primary N) is 1. The summed E-state index contributed by atoms with van der Waals surface area (Å²) in [6.07, 6.45) is 2.91. The molecule has 0 saturated carbocycles. The zero-order valence-corrected chi connectivity index (χ0v) is 16.8. The van der Waals surface area contributed by atoms with E-state index in [1.54, 1.807) is 4.90 Å².